The lowest BCUT2D eigenvalue weighted by atomic mass is 10.1. The Kier molecular flexibility index (Phi) is 6.34. The van der Waals surface area contributed by atoms with Crippen molar-refractivity contribution >= 4 is 23.5 Å². The lowest BCUT2D eigenvalue weighted by Gasteiger charge is -2.22. The molecule has 1 aliphatic heterocycles. The fourth-order valence-corrected chi connectivity index (χ4v) is 3.17. The van der Waals surface area contributed by atoms with Crippen molar-refractivity contribution < 1.29 is 22.9 Å². The number of pyridine rings is 1. The van der Waals surface area contributed by atoms with E-state index in [0.717, 1.165) is 12.3 Å². The molecule has 7 nitrogen and oxygen atoms in total. The van der Waals surface area contributed by atoms with Gasteiger partial charge in [0, 0.05) is 44.5 Å². The van der Waals surface area contributed by atoms with E-state index in [1.807, 2.05) is 4.90 Å². The Hall–Kier alpha value is -3.43. The molecule has 1 aliphatic rings. The number of carbonyl (C=O) groups is 1. The number of nitrogens with zero attached hydrogens (tertiary/aromatic N) is 4. The molecule has 1 saturated heterocycles. The molecule has 158 valence electrons. The molecule has 0 saturated carbocycles. The molecule has 1 aromatic carbocycles. The third-order valence-electron chi connectivity index (χ3n) is 4.75. The highest BCUT2D eigenvalue weighted by Gasteiger charge is 2.31. The first-order valence-electron chi connectivity index (χ1n) is 9.24. The summed E-state index contributed by atoms with van der Waals surface area (Å²) < 4.78 is 38.1. The zero-order valence-electron chi connectivity index (χ0n) is 15.9. The third-order valence-corrected chi connectivity index (χ3v) is 4.75. The van der Waals surface area contributed by atoms with Gasteiger partial charge in [-0.1, -0.05) is 12.1 Å². The molecule has 2 heterocycles. The Morgan fingerprint density at radius 3 is 2.53 bits per heavy atom. The number of hydrogen-bond donors (Lipinski definition) is 0. The number of rotatable bonds is 4. The topological polar surface area (TPSA) is 79.6 Å². The second kappa shape index (κ2) is 8.93. The SMILES string of the molecule is O=C(/C=C/c1ccccc1[N+](=O)[O-])N1CCCN(c2ccc(C(F)(F)F)cn2)CC1. The maximum Gasteiger partial charge on any atom is 0.417 e. The summed E-state index contributed by atoms with van der Waals surface area (Å²) in [6.45, 7) is 1.80. The van der Waals surface area contributed by atoms with Gasteiger partial charge in [-0.25, -0.2) is 4.98 Å². The van der Waals surface area contributed by atoms with E-state index < -0.39 is 16.7 Å². The minimum Gasteiger partial charge on any atom is -0.355 e. The van der Waals surface area contributed by atoms with E-state index in [9.17, 15) is 28.1 Å². The van der Waals surface area contributed by atoms with Crippen LogP contribution in [0.2, 0.25) is 0 Å². The van der Waals surface area contributed by atoms with Crippen LogP contribution in [-0.4, -0.2) is 46.9 Å². The molecule has 1 fully saturated rings. The number of anilines is 1. The number of aromatic nitrogens is 1. The maximum absolute atomic E-state index is 12.7. The van der Waals surface area contributed by atoms with Crippen molar-refractivity contribution in [2.75, 3.05) is 31.1 Å². The Morgan fingerprint density at radius 2 is 1.87 bits per heavy atom. The number of halogens is 3. The molecule has 0 aliphatic carbocycles. The number of benzene rings is 1. The molecule has 1 aromatic heterocycles. The quantitative estimate of drug-likeness (QED) is 0.428. The van der Waals surface area contributed by atoms with Gasteiger partial charge in [-0.15, -0.1) is 0 Å². The molecule has 0 N–H and O–H groups in total. The Morgan fingerprint density at radius 1 is 1.10 bits per heavy atom. The van der Waals surface area contributed by atoms with Crippen molar-refractivity contribution in [3.63, 3.8) is 0 Å². The van der Waals surface area contributed by atoms with Crippen molar-refractivity contribution in [3.8, 4) is 0 Å². The summed E-state index contributed by atoms with van der Waals surface area (Å²) >= 11 is 0. The van der Waals surface area contributed by atoms with Crippen LogP contribution < -0.4 is 4.90 Å². The summed E-state index contributed by atoms with van der Waals surface area (Å²) in [6, 6.07) is 8.45. The van der Waals surface area contributed by atoms with E-state index >= 15 is 0 Å². The molecule has 0 atom stereocenters. The Labute approximate surface area is 170 Å². The summed E-state index contributed by atoms with van der Waals surface area (Å²) in [5.41, 5.74) is -0.559. The highest BCUT2D eigenvalue weighted by atomic mass is 19.4. The van der Waals surface area contributed by atoms with Crippen LogP contribution in [0.25, 0.3) is 6.08 Å². The minimum atomic E-state index is -4.44. The van der Waals surface area contributed by atoms with Gasteiger partial charge in [0.15, 0.2) is 0 Å². The second-order valence-corrected chi connectivity index (χ2v) is 6.72. The highest BCUT2D eigenvalue weighted by Crippen LogP contribution is 2.29. The van der Waals surface area contributed by atoms with Gasteiger partial charge in [-0.05, 0) is 30.7 Å². The smallest absolute Gasteiger partial charge is 0.355 e. The van der Waals surface area contributed by atoms with Crippen molar-refractivity contribution in [1.82, 2.24) is 9.88 Å². The molecule has 0 radical (unpaired) electrons. The second-order valence-electron chi connectivity index (χ2n) is 6.72. The number of hydrogen-bond acceptors (Lipinski definition) is 5. The fraction of sp³-hybridized carbons (Fsp3) is 0.300. The molecule has 0 unspecified atom stereocenters. The minimum absolute atomic E-state index is 0.0861. The van der Waals surface area contributed by atoms with Crippen LogP contribution in [0.15, 0.2) is 48.7 Å². The number of carbonyl (C=O) groups excluding carboxylic acids is 1. The third kappa shape index (κ3) is 5.13. The van der Waals surface area contributed by atoms with Gasteiger partial charge in [0.2, 0.25) is 5.91 Å². The highest BCUT2D eigenvalue weighted by molar-refractivity contribution is 5.92. The lowest BCUT2D eigenvalue weighted by Crippen LogP contribution is -2.34. The zero-order chi connectivity index (χ0) is 21.7. The average molecular weight is 420 g/mol. The van der Waals surface area contributed by atoms with Crippen LogP contribution in [-0.2, 0) is 11.0 Å². The Bertz CT molecular complexity index is 945. The summed E-state index contributed by atoms with van der Waals surface area (Å²) in [4.78, 5) is 30.4. The van der Waals surface area contributed by atoms with Gasteiger partial charge >= 0.3 is 6.18 Å². The van der Waals surface area contributed by atoms with E-state index in [-0.39, 0.29) is 11.6 Å². The maximum atomic E-state index is 12.7. The fourth-order valence-electron chi connectivity index (χ4n) is 3.17. The van der Waals surface area contributed by atoms with Gasteiger partial charge in [0.05, 0.1) is 16.1 Å². The summed E-state index contributed by atoms with van der Waals surface area (Å²) in [6.07, 6.45) is -0.297. The van der Waals surface area contributed by atoms with E-state index in [4.69, 9.17) is 0 Å². The zero-order valence-corrected chi connectivity index (χ0v) is 15.9. The predicted molar refractivity (Wildman–Crippen MR) is 105 cm³/mol. The van der Waals surface area contributed by atoms with Crippen LogP contribution >= 0.6 is 0 Å². The molecule has 3 rings (SSSR count). The van der Waals surface area contributed by atoms with Crippen LogP contribution in [0.5, 0.6) is 0 Å². The summed E-state index contributed by atoms with van der Waals surface area (Å²) in [5, 5.41) is 11.1. The number of alkyl halides is 3. The Balaban J connectivity index is 1.64. The predicted octanol–water partition coefficient (Wildman–Crippen LogP) is 3.76. The van der Waals surface area contributed by atoms with Crippen molar-refractivity contribution in [2.45, 2.75) is 12.6 Å². The standard InChI is InChI=1S/C20H19F3N4O3/c21-20(22,23)16-7-8-18(24-14-16)25-10-3-11-26(13-12-25)19(28)9-6-15-4-1-2-5-17(15)27(29)30/h1-2,4-9,14H,3,10-13H2/b9-6+. The number of nitro groups is 1. The van der Waals surface area contributed by atoms with Crippen molar-refractivity contribution in [1.29, 1.82) is 0 Å². The molecule has 1 amide bonds. The normalized spacial score (nSPS) is 15.3. The van der Waals surface area contributed by atoms with Crippen molar-refractivity contribution in [3.05, 3.63) is 69.9 Å². The number of amides is 1. The van der Waals surface area contributed by atoms with Gasteiger partial charge < -0.3 is 9.80 Å². The van der Waals surface area contributed by atoms with Gasteiger partial charge in [-0.3, -0.25) is 14.9 Å². The van der Waals surface area contributed by atoms with Crippen LogP contribution in [0.4, 0.5) is 24.7 Å². The van der Waals surface area contributed by atoms with E-state index in [0.29, 0.717) is 44.0 Å². The first-order valence-corrected chi connectivity index (χ1v) is 9.24. The number of nitro benzene ring substituents is 1. The van der Waals surface area contributed by atoms with E-state index in [1.165, 1.54) is 24.3 Å². The van der Waals surface area contributed by atoms with Gasteiger partial charge in [-0.2, -0.15) is 13.2 Å². The molecule has 0 spiro atoms. The number of para-hydroxylation sites is 1. The molecule has 2 aromatic rings. The molecule has 0 bridgehead atoms. The van der Waals surface area contributed by atoms with Crippen LogP contribution in [0.3, 0.4) is 0 Å². The van der Waals surface area contributed by atoms with E-state index in [2.05, 4.69) is 4.98 Å². The molecular formula is C20H19F3N4O3. The lowest BCUT2D eigenvalue weighted by molar-refractivity contribution is -0.385. The first-order chi connectivity index (χ1) is 14.3. The first kappa shape index (κ1) is 21.3. The summed E-state index contributed by atoms with van der Waals surface area (Å²) in [5.74, 6) is 0.142. The monoisotopic (exact) mass is 420 g/mol. The molecular weight excluding hydrogens is 401 g/mol. The van der Waals surface area contributed by atoms with Crippen LogP contribution in [0.1, 0.15) is 17.5 Å². The van der Waals surface area contributed by atoms with Gasteiger partial charge in [0.25, 0.3) is 5.69 Å². The summed E-state index contributed by atoms with van der Waals surface area (Å²) in [7, 11) is 0. The largest absolute Gasteiger partial charge is 0.417 e. The van der Waals surface area contributed by atoms with E-state index in [1.54, 1.807) is 23.1 Å². The molecule has 10 heteroatoms. The molecule has 30 heavy (non-hydrogen) atoms. The van der Waals surface area contributed by atoms with Crippen molar-refractivity contribution in [2.24, 2.45) is 0 Å². The van der Waals surface area contributed by atoms with Crippen LogP contribution in [0, 0.1) is 10.1 Å². The van der Waals surface area contributed by atoms with Gasteiger partial charge in [0.1, 0.15) is 5.82 Å². The average Bonchev–Trinajstić information content (AvgIpc) is 2.98.